The van der Waals surface area contributed by atoms with E-state index in [1.165, 1.54) is 18.2 Å². The summed E-state index contributed by atoms with van der Waals surface area (Å²) in [7, 11) is -3.71. The van der Waals surface area contributed by atoms with Crippen molar-refractivity contribution in [3.8, 4) is 6.07 Å². The Bertz CT molecular complexity index is 730. The zero-order chi connectivity index (χ0) is 16.6. The molecule has 0 radical (unpaired) electrons. The molecule has 2 bridgehead atoms. The standard InChI is InChI=1S/C16H20ClN3O2S/c17-14-6-10(9-18)4-5-15(14)23(21,22)20-16-11-2-1-3-12(16)8-13(19)7-11/h4-6,11-13,16,20H,1-3,7-8,19H2. The second kappa shape index (κ2) is 6.40. The first kappa shape index (κ1) is 16.7. The van der Waals surface area contributed by atoms with E-state index in [0.29, 0.717) is 17.4 Å². The summed E-state index contributed by atoms with van der Waals surface area (Å²) in [5.74, 6) is 0.592. The first-order chi connectivity index (χ1) is 10.9. The van der Waals surface area contributed by atoms with Gasteiger partial charge in [0, 0.05) is 12.1 Å². The van der Waals surface area contributed by atoms with Gasteiger partial charge in [-0.1, -0.05) is 18.0 Å². The fourth-order valence-electron chi connectivity index (χ4n) is 4.01. The molecule has 3 N–H and O–H groups in total. The SMILES string of the molecule is N#Cc1ccc(S(=O)(=O)NC2C3CCCC2CC(N)C3)c(Cl)c1. The fourth-order valence-corrected chi connectivity index (χ4v) is 5.93. The van der Waals surface area contributed by atoms with Gasteiger partial charge in [-0.2, -0.15) is 5.26 Å². The lowest BCUT2D eigenvalue weighted by Gasteiger charge is -2.45. The molecular weight excluding hydrogens is 334 g/mol. The Labute approximate surface area is 141 Å². The quantitative estimate of drug-likeness (QED) is 0.872. The molecule has 124 valence electrons. The molecule has 23 heavy (non-hydrogen) atoms. The van der Waals surface area contributed by atoms with Crippen molar-refractivity contribution in [1.29, 1.82) is 5.26 Å². The predicted octanol–water partition coefficient (Wildman–Crippen LogP) is 2.40. The molecule has 2 fully saturated rings. The summed E-state index contributed by atoms with van der Waals surface area (Å²) in [5.41, 5.74) is 6.43. The van der Waals surface area contributed by atoms with Gasteiger partial charge in [0.05, 0.1) is 16.7 Å². The van der Waals surface area contributed by atoms with E-state index in [0.717, 1.165) is 32.1 Å². The molecule has 1 aromatic rings. The summed E-state index contributed by atoms with van der Waals surface area (Å²) in [6, 6.07) is 6.30. The molecule has 3 rings (SSSR count). The smallest absolute Gasteiger partial charge is 0.242 e. The van der Waals surface area contributed by atoms with Gasteiger partial charge in [0.2, 0.25) is 10.0 Å². The Morgan fingerprint density at radius 2 is 1.91 bits per heavy atom. The first-order valence-electron chi connectivity index (χ1n) is 7.88. The molecule has 2 unspecified atom stereocenters. The maximum absolute atomic E-state index is 12.7. The average molecular weight is 354 g/mol. The number of nitriles is 1. The highest BCUT2D eigenvalue weighted by atomic mass is 35.5. The van der Waals surface area contributed by atoms with Crippen molar-refractivity contribution in [2.75, 3.05) is 0 Å². The van der Waals surface area contributed by atoms with Gasteiger partial charge in [0.15, 0.2) is 0 Å². The Balaban J connectivity index is 1.85. The van der Waals surface area contributed by atoms with Crippen LogP contribution >= 0.6 is 11.6 Å². The van der Waals surface area contributed by atoms with E-state index in [9.17, 15) is 8.42 Å². The van der Waals surface area contributed by atoms with Crippen LogP contribution in [0.25, 0.3) is 0 Å². The molecule has 0 amide bonds. The topological polar surface area (TPSA) is 96.0 Å². The van der Waals surface area contributed by atoms with Gasteiger partial charge in [0.1, 0.15) is 4.90 Å². The summed E-state index contributed by atoms with van der Waals surface area (Å²) in [6.45, 7) is 0. The average Bonchev–Trinajstić information content (AvgIpc) is 2.47. The number of halogens is 1. The molecular formula is C16H20ClN3O2S. The number of rotatable bonds is 3. The monoisotopic (exact) mass is 353 g/mol. The van der Waals surface area contributed by atoms with Crippen molar-refractivity contribution in [2.24, 2.45) is 17.6 Å². The summed E-state index contributed by atoms with van der Waals surface area (Å²) in [5, 5.41) is 8.94. The molecule has 5 nitrogen and oxygen atoms in total. The van der Waals surface area contributed by atoms with Gasteiger partial charge in [-0.3, -0.25) is 0 Å². The lowest BCUT2D eigenvalue weighted by atomic mass is 9.67. The van der Waals surface area contributed by atoms with Crippen LogP contribution in [0.2, 0.25) is 5.02 Å². The van der Waals surface area contributed by atoms with E-state index < -0.39 is 10.0 Å². The van der Waals surface area contributed by atoms with Crippen LogP contribution in [0.5, 0.6) is 0 Å². The van der Waals surface area contributed by atoms with E-state index in [-0.39, 0.29) is 22.0 Å². The maximum atomic E-state index is 12.7. The Morgan fingerprint density at radius 3 is 2.48 bits per heavy atom. The van der Waals surface area contributed by atoms with Crippen molar-refractivity contribution in [1.82, 2.24) is 4.72 Å². The number of sulfonamides is 1. The zero-order valence-corrected chi connectivity index (χ0v) is 14.3. The van der Waals surface area contributed by atoms with Crippen LogP contribution in [0.4, 0.5) is 0 Å². The largest absolute Gasteiger partial charge is 0.328 e. The molecule has 0 aliphatic heterocycles. The first-order valence-corrected chi connectivity index (χ1v) is 9.74. The third kappa shape index (κ3) is 3.38. The van der Waals surface area contributed by atoms with Crippen molar-refractivity contribution in [2.45, 2.75) is 49.1 Å². The fraction of sp³-hybridized carbons (Fsp3) is 0.562. The highest BCUT2D eigenvalue weighted by molar-refractivity contribution is 7.89. The summed E-state index contributed by atoms with van der Waals surface area (Å²) >= 11 is 6.06. The van der Waals surface area contributed by atoms with Gasteiger partial charge in [-0.05, 0) is 55.7 Å². The minimum Gasteiger partial charge on any atom is -0.328 e. The Hall–Kier alpha value is -1.13. The molecule has 2 aliphatic rings. The van der Waals surface area contributed by atoms with Gasteiger partial charge < -0.3 is 5.73 Å². The Morgan fingerprint density at radius 1 is 1.26 bits per heavy atom. The van der Waals surface area contributed by atoms with Crippen LogP contribution in [0, 0.1) is 23.2 Å². The predicted molar refractivity (Wildman–Crippen MR) is 88.3 cm³/mol. The molecule has 0 heterocycles. The Kier molecular flexibility index (Phi) is 4.65. The third-order valence-corrected chi connectivity index (χ3v) is 6.96. The minimum atomic E-state index is -3.71. The van der Waals surface area contributed by atoms with Crippen LogP contribution in [0.15, 0.2) is 23.1 Å². The summed E-state index contributed by atoms with van der Waals surface area (Å²) in [6.07, 6.45) is 4.89. The molecule has 2 aliphatic carbocycles. The van der Waals surface area contributed by atoms with Crippen molar-refractivity contribution in [3.63, 3.8) is 0 Å². The lowest BCUT2D eigenvalue weighted by molar-refractivity contribution is 0.125. The van der Waals surface area contributed by atoms with Crippen LogP contribution in [-0.2, 0) is 10.0 Å². The lowest BCUT2D eigenvalue weighted by Crippen LogP contribution is -2.53. The van der Waals surface area contributed by atoms with Crippen molar-refractivity contribution >= 4 is 21.6 Å². The number of nitrogens with one attached hydrogen (secondary N) is 1. The second-order valence-electron chi connectivity index (χ2n) is 6.59. The zero-order valence-electron chi connectivity index (χ0n) is 12.7. The maximum Gasteiger partial charge on any atom is 0.242 e. The summed E-state index contributed by atoms with van der Waals surface area (Å²) < 4.78 is 28.3. The van der Waals surface area contributed by atoms with Gasteiger partial charge >= 0.3 is 0 Å². The number of benzene rings is 1. The van der Waals surface area contributed by atoms with Gasteiger partial charge in [0.25, 0.3) is 0 Å². The van der Waals surface area contributed by atoms with E-state index >= 15 is 0 Å². The van der Waals surface area contributed by atoms with Crippen molar-refractivity contribution < 1.29 is 8.42 Å². The molecule has 0 spiro atoms. The molecule has 2 atom stereocenters. The van der Waals surface area contributed by atoms with E-state index in [1.807, 2.05) is 6.07 Å². The minimum absolute atomic E-state index is 0.0334. The van der Waals surface area contributed by atoms with E-state index in [4.69, 9.17) is 22.6 Å². The molecule has 0 saturated heterocycles. The number of hydrogen-bond acceptors (Lipinski definition) is 4. The second-order valence-corrected chi connectivity index (χ2v) is 8.68. The number of nitrogens with two attached hydrogens (primary N) is 1. The number of hydrogen-bond donors (Lipinski definition) is 2. The molecule has 0 aromatic heterocycles. The van der Waals surface area contributed by atoms with Crippen LogP contribution < -0.4 is 10.5 Å². The number of nitrogens with zero attached hydrogens (tertiary/aromatic N) is 1. The van der Waals surface area contributed by atoms with E-state index in [1.54, 1.807) is 0 Å². The number of fused-ring (bicyclic) bond motifs is 2. The third-order valence-electron chi connectivity index (χ3n) is 5.02. The summed E-state index contributed by atoms with van der Waals surface area (Å²) in [4.78, 5) is 0.0334. The molecule has 7 heteroatoms. The van der Waals surface area contributed by atoms with Gasteiger partial charge in [-0.25, -0.2) is 13.1 Å². The van der Waals surface area contributed by atoms with Gasteiger partial charge in [-0.15, -0.1) is 0 Å². The van der Waals surface area contributed by atoms with Crippen LogP contribution in [-0.4, -0.2) is 20.5 Å². The van der Waals surface area contributed by atoms with Crippen LogP contribution in [0.1, 0.15) is 37.7 Å². The normalized spacial score (nSPS) is 30.7. The van der Waals surface area contributed by atoms with Crippen LogP contribution in [0.3, 0.4) is 0 Å². The molecule has 1 aromatic carbocycles. The molecule has 2 saturated carbocycles. The highest BCUT2D eigenvalue weighted by Crippen LogP contribution is 2.40. The van der Waals surface area contributed by atoms with Crippen molar-refractivity contribution in [3.05, 3.63) is 28.8 Å². The van der Waals surface area contributed by atoms with E-state index in [2.05, 4.69) is 4.72 Å². The highest BCUT2D eigenvalue weighted by Gasteiger charge is 2.41.